The Morgan fingerprint density at radius 2 is 1.72 bits per heavy atom. The van der Waals surface area contributed by atoms with Crippen molar-refractivity contribution in [1.82, 2.24) is 15.1 Å². The topological polar surface area (TPSA) is 119 Å². The van der Waals surface area contributed by atoms with Crippen LogP contribution in [0, 0.1) is 5.92 Å². The normalized spacial score (nSPS) is 21.2. The van der Waals surface area contributed by atoms with Gasteiger partial charge in [-0.3, -0.25) is 14.5 Å². The molecule has 2 aliphatic heterocycles. The number of aliphatic hydroxyl groups is 1. The molecule has 3 fully saturated rings. The average Bonchev–Trinajstić information content (AvgIpc) is 3.04. The number of ether oxygens (including phenoxy) is 1. The molecule has 2 saturated heterocycles. The van der Waals surface area contributed by atoms with Gasteiger partial charge in [0.15, 0.2) is 0 Å². The quantitative estimate of drug-likeness (QED) is 0.281. The van der Waals surface area contributed by atoms with Crippen molar-refractivity contribution in [2.75, 3.05) is 19.6 Å². The van der Waals surface area contributed by atoms with E-state index in [1.807, 2.05) is 11.8 Å². The molecule has 13 heteroatoms. The first kappa shape index (κ1) is 36.5. The first-order valence-corrected chi connectivity index (χ1v) is 16.2. The van der Waals surface area contributed by atoms with Crippen LogP contribution in [0.3, 0.4) is 0 Å². The van der Waals surface area contributed by atoms with E-state index in [2.05, 4.69) is 5.32 Å². The number of nitrogens with zero attached hydrogens (tertiary/aromatic N) is 2. The number of piperazine rings is 1. The predicted molar refractivity (Wildman–Crippen MR) is 171 cm³/mol. The van der Waals surface area contributed by atoms with Crippen LogP contribution >= 0.6 is 12.4 Å². The standard InChI is InChI=1S/C34H42F3N3O6.ClH/c1-2-3-17-40-30(42)28(29(41)23-7-5-4-6-8-23)38-32(45)33(40)15-18-39(19-16-33)21-22-9-14-27(26(20-22)34(35,36)37)46-25-12-10-24(11-13-25)31(43)44;/h9-14,20,23,28-29,41H,2-8,15-19,21H2,1H3,(H,38,45)(H,43,44);1H/t28-,29-;/m1./s1. The maximum Gasteiger partial charge on any atom is 0.419 e. The predicted octanol–water partition coefficient (Wildman–Crippen LogP) is 6.02. The molecule has 3 N–H and O–H groups in total. The van der Waals surface area contributed by atoms with Gasteiger partial charge in [-0.2, -0.15) is 13.2 Å². The molecule has 9 nitrogen and oxygen atoms in total. The Hall–Kier alpha value is -3.35. The average molecular weight is 682 g/mol. The largest absolute Gasteiger partial charge is 0.478 e. The zero-order chi connectivity index (χ0) is 33.1. The van der Waals surface area contributed by atoms with E-state index in [9.17, 15) is 32.7 Å². The van der Waals surface area contributed by atoms with Crippen LogP contribution in [-0.4, -0.2) is 75.1 Å². The number of halogens is 4. The Morgan fingerprint density at radius 3 is 2.32 bits per heavy atom. The molecule has 1 spiro atoms. The summed E-state index contributed by atoms with van der Waals surface area (Å²) in [5, 5.41) is 23.1. The minimum absolute atomic E-state index is 0. The number of benzene rings is 2. The Morgan fingerprint density at radius 1 is 1.06 bits per heavy atom. The molecule has 2 atom stereocenters. The number of alkyl halides is 3. The molecule has 3 aliphatic rings. The van der Waals surface area contributed by atoms with Crippen molar-refractivity contribution in [2.24, 2.45) is 5.92 Å². The fraction of sp³-hybridized carbons (Fsp3) is 0.559. The maximum absolute atomic E-state index is 14.1. The van der Waals surface area contributed by atoms with Crippen molar-refractivity contribution in [3.8, 4) is 11.5 Å². The summed E-state index contributed by atoms with van der Waals surface area (Å²) in [6, 6.07) is 8.01. The second-order valence-electron chi connectivity index (χ2n) is 12.8. The van der Waals surface area contributed by atoms with Crippen LogP contribution in [0.2, 0.25) is 0 Å². The van der Waals surface area contributed by atoms with Gasteiger partial charge in [0.25, 0.3) is 0 Å². The van der Waals surface area contributed by atoms with Crippen molar-refractivity contribution >= 4 is 30.2 Å². The van der Waals surface area contributed by atoms with Crippen LogP contribution < -0.4 is 10.1 Å². The lowest BCUT2D eigenvalue weighted by molar-refractivity contribution is -0.166. The number of carbonyl (C=O) groups excluding carboxylic acids is 2. The summed E-state index contributed by atoms with van der Waals surface area (Å²) in [5.41, 5.74) is -1.61. The molecule has 2 aromatic carbocycles. The van der Waals surface area contributed by atoms with Crippen LogP contribution in [-0.2, 0) is 22.3 Å². The number of hydrogen-bond acceptors (Lipinski definition) is 6. The summed E-state index contributed by atoms with van der Waals surface area (Å²) in [7, 11) is 0. The van der Waals surface area contributed by atoms with E-state index in [0.29, 0.717) is 38.0 Å². The summed E-state index contributed by atoms with van der Waals surface area (Å²) in [6.07, 6.45) is 1.36. The number of aromatic carboxylic acids is 1. The molecule has 5 rings (SSSR count). The first-order valence-electron chi connectivity index (χ1n) is 16.2. The van der Waals surface area contributed by atoms with Crippen LogP contribution in [0.4, 0.5) is 13.2 Å². The lowest BCUT2D eigenvalue weighted by Crippen LogP contribution is -2.75. The number of hydrogen-bond donors (Lipinski definition) is 3. The minimum Gasteiger partial charge on any atom is -0.478 e. The highest BCUT2D eigenvalue weighted by molar-refractivity contribution is 6.00. The number of nitrogens with one attached hydrogen (secondary N) is 1. The lowest BCUT2D eigenvalue weighted by Gasteiger charge is -2.52. The maximum atomic E-state index is 14.1. The van der Waals surface area contributed by atoms with Gasteiger partial charge < -0.3 is 25.2 Å². The number of amides is 2. The summed E-state index contributed by atoms with van der Waals surface area (Å²) >= 11 is 0. The second kappa shape index (κ2) is 15.3. The van der Waals surface area contributed by atoms with E-state index < -0.39 is 41.1 Å². The highest BCUT2D eigenvalue weighted by Crippen LogP contribution is 2.40. The van der Waals surface area contributed by atoms with Gasteiger partial charge >= 0.3 is 12.1 Å². The fourth-order valence-corrected chi connectivity index (χ4v) is 7.07. The number of rotatable bonds is 10. The highest BCUT2D eigenvalue weighted by Gasteiger charge is 2.55. The molecule has 0 unspecified atom stereocenters. The third-order valence-corrected chi connectivity index (χ3v) is 9.74. The summed E-state index contributed by atoms with van der Waals surface area (Å²) < 4.78 is 47.7. The number of unbranched alkanes of at least 4 members (excludes halogenated alkanes) is 1. The molecule has 1 saturated carbocycles. The van der Waals surface area contributed by atoms with Gasteiger partial charge in [-0.05, 0) is 80.0 Å². The van der Waals surface area contributed by atoms with Crippen LogP contribution in [0.5, 0.6) is 11.5 Å². The minimum atomic E-state index is -4.70. The SMILES string of the molecule is CCCCN1C(=O)[C@@H]([C@H](O)C2CCCCC2)NC(=O)C12CCN(Cc1ccc(Oc3ccc(C(=O)O)cc3)c(C(F)(F)F)c1)CC2.Cl. The molecule has 0 aromatic heterocycles. The molecule has 2 amide bonds. The molecule has 2 heterocycles. The van der Waals surface area contributed by atoms with E-state index in [1.54, 1.807) is 11.0 Å². The van der Waals surface area contributed by atoms with E-state index >= 15 is 0 Å². The Balaban J connectivity index is 0.00000500. The molecule has 47 heavy (non-hydrogen) atoms. The molecular formula is C34H43ClF3N3O6. The Bertz CT molecular complexity index is 1410. The third-order valence-electron chi connectivity index (χ3n) is 9.74. The summed E-state index contributed by atoms with van der Waals surface area (Å²) in [4.78, 5) is 42.3. The summed E-state index contributed by atoms with van der Waals surface area (Å²) in [6.45, 7) is 3.43. The molecule has 1 aliphatic carbocycles. The molecular weight excluding hydrogens is 639 g/mol. The monoisotopic (exact) mass is 681 g/mol. The van der Waals surface area contributed by atoms with Crippen molar-refractivity contribution in [2.45, 2.75) is 95.1 Å². The lowest BCUT2D eigenvalue weighted by atomic mass is 9.78. The van der Waals surface area contributed by atoms with Crippen molar-refractivity contribution in [3.63, 3.8) is 0 Å². The van der Waals surface area contributed by atoms with E-state index in [-0.39, 0.29) is 48.0 Å². The highest BCUT2D eigenvalue weighted by atomic mass is 35.5. The molecule has 2 aromatic rings. The van der Waals surface area contributed by atoms with Crippen molar-refractivity contribution < 1.29 is 42.5 Å². The summed E-state index contributed by atoms with van der Waals surface area (Å²) in [5.74, 6) is -2.01. The molecule has 0 bridgehead atoms. The number of likely N-dealkylation sites (tertiary alicyclic amines) is 1. The zero-order valence-corrected chi connectivity index (χ0v) is 27.2. The van der Waals surface area contributed by atoms with Gasteiger partial charge in [0.1, 0.15) is 23.1 Å². The number of aliphatic hydroxyl groups excluding tert-OH is 1. The van der Waals surface area contributed by atoms with Gasteiger partial charge in [-0.1, -0.05) is 38.7 Å². The molecule has 0 radical (unpaired) electrons. The van der Waals surface area contributed by atoms with E-state index in [1.165, 1.54) is 30.3 Å². The van der Waals surface area contributed by atoms with E-state index in [0.717, 1.165) is 51.0 Å². The van der Waals surface area contributed by atoms with Crippen LogP contribution in [0.1, 0.15) is 86.2 Å². The second-order valence-corrected chi connectivity index (χ2v) is 12.8. The van der Waals surface area contributed by atoms with Crippen molar-refractivity contribution in [1.29, 1.82) is 0 Å². The first-order chi connectivity index (χ1) is 21.9. The third kappa shape index (κ3) is 8.04. The Labute approximate surface area is 278 Å². The van der Waals surface area contributed by atoms with Gasteiger partial charge in [0, 0.05) is 26.2 Å². The van der Waals surface area contributed by atoms with Gasteiger partial charge in [-0.15, -0.1) is 12.4 Å². The number of piperidine rings is 1. The van der Waals surface area contributed by atoms with Crippen molar-refractivity contribution in [3.05, 3.63) is 59.2 Å². The van der Waals surface area contributed by atoms with Gasteiger partial charge in [0.2, 0.25) is 11.8 Å². The van der Waals surface area contributed by atoms with Gasteiger partial charge in [0.05, 0.1) is 17.2 Å². The number of carboxylic acids is 1. The Kier molecular flexibility index (Phi) is 11.8. The van der Waals surface area contributed by atoms with Crippen LogP contribution in [0.15, 0.2) is 42.5 Å². The zero-order valence-electron chi connectivity index (χ0n) is 26.4. The molecule has 258 valence electrons. The number of carboxylic acid groups (broad SMARTS) is 1. The smallest absolute Gasteiger partial charge is 0.419 e. The number of carbonyl (C=O) groups is 3. The fourth-order valence-electron chi connectivity index (χ4n) is 7.07. The van der Waals surface area contributed by atoms with E-state index in [4.69, 9.17) is 9.84 Å². The van der Waals surface area contributed by atoms with Crippen LogP contribution in [0.25, 0.3) is 0 Å². The van der Waals surface area contributed by atoms with Gasteiger partial charge in [-0.25, -0.2) is 4.79 Å².